The average Bonchev–Trinajstić information content (AvgIpc) is 3.31. The summed E-state index contributed by atoms with van der Waals surface area (Å²) in [5.41, 5.74) is -0.0460. The summed E-state index contributed by atoms with van der Waals surface area (Å²) in [6.07, 6.45) is -1.82. The summed E-state index contributed by atoms with van der Waals surface area (Å²) in [4.78, 5) is 29.2. The van der Waals surface area contributed by atoms with Crippen molar-refractivity contribution in [1.82, 2.24) is 15.5 Å². The molecule has 0 aliphatic carbocycles. The number of nitrogens with zero attached hydrogens (tertiary/aromatic N) is 2. The number of alkyl halides is 3. The molecule has 2 aromatic rings. The molecule has 36 heavy (non-hydrogen) atoms. The van der Waals surface area contributed by atoms with Gasteiger partial charge in [0.15, 0.2) is 0 Å². The maximum Gasteiger partial charge on any atom is 0.416 e. The molecule has 2 aliphatic rings. The van der Waals surface area contributed by atoms with Gasteiger partial charge in [-0.15, -0.1) is 0 Å². The van der Waals surface area contributed by atoms with Crippen molar-refractivity contribution in [2.75, 3.05) is 31.1 Å². The van der Waals surface area contributed by atoms with Crippen LogP contribution in [0, 0.1) is 5.82 Å². The van der Waals surface area contributed by atoms with Gasteiger partial charge >= 0.3 is 6.18 Å². The lowest BCUT2D eigenvalue weighted by atomic mass is 9.96. The number of rotatable bonds is 6. The Morgan fingerprint density at radius 3 is 2.50 bits per heavy atom. The van der Waals surface area contributed by atoms with E-state index in [0.29, 0.717) is 18.6 Å². The van der Waals surface area contributed by atoms with E-state index in [0.717, 1.165) is 56.2 Å². The molecular formula is C26H30F4N4O2. The first-order chi connectivity index (χ1) is 17.1. The third kappa shape index (κ3) is 6.34. The van der Waals surface area contributed by atoms with E-state index in [1.165, 1.54) is 18.2 Å². The van der Waals surface area contributed by atoms with Gasteiger partial charge in [0.05, 0.1) is 12.1 Å². The van der Waals surface area contributed by atoms with Crippen molar-refractivity contribution >= 4 is 17.5 Å². The molecule has 2 amide bonds. The molecule has 2 N–H and O–H groups in total. The zero-order chi connectivity index (χ0) is 25.9. The first-order valence-electron chi connectivity index (χ1n) is 12.1. The third-order valence-electron chi connectivity index (χ3n) is 6.97. The zero-order valence-corrected chi connectivity index (χ0v) is 20.0. The minimum absolute atomic E-state index is 0.0478. The Morgan fingerprint density at radius 1 is 1.06 bits per heavy atom. The highest BCUT2D eigenvalue weighted by molar-refractivity contribution is 5.96. The number of likely N-dealkylation sites (tertiary alicyclic amines) is 1. The van der Waals surface area contributed by atoms with Crippen LogP contribution in [0.25, 0.3) is 0 Å². The summed E-state index contributed by atoms with van der Waals surface area (Å²) >= 11 is 0. The van der Waals surface area contributed by atoms with Crippen molar-refractivity contribution in [3.05, 3.63) is 65.5 Å². The summed E-state index contributed by atoms with van der Waals surface area (Å²) < 4.78 is 51.8. The molecule has 0 radical (unpaired) electrons. The van der Waals surface area contributed by atoms with Gasteiger partial charge in [-0.05, 0) is 68.7 Å². The summed E-state index contributed by atoms with van der Waals surface area (Å²) in [6.45, 7) is 4.29. The number of benzene rings is 2. The van der Waals surface area contributed by atoms with E-state index in [-0.39, 0.29) is 29.9 Å². The van der Waals surface area contributed by atoms with Crippen LogP contribution in [-0.4, -0.2) is 61.0 Å². The van der Waals surface area contributed by atoms with Crippen LogP contribution in [0.2, 0.25) is 0 Å². The molecule has 194 valence electrons. The second-order valence-electron chi connectivity index (χ2n) is 9.51. The van der Waals surface area contributed by atoms with Gasteiger partial charge in [0.1, 0.15) is 5.82 Å². The summed E-state index contributed by atoms with van der Waals surface area (Å²) in [7, 11) is 0. The van der Waals surface area contributed by atoms with E-state index >= 15 is 0 Å². The molecule has 2 heterocycles. The molecular weight excluding hydrogens is 476 g/mol. The first kappa shape index (κ1) is 25.9. The van der Waals surface area contributed by atoms with Crippen LogP contribution in [-0.2, 0) is 11.0 Å². The Balaban J connectivity index is 1.22. The predicted molar refractivity (Wildman–Crippen MR) is 128 cm³/mol. The van der Waals surface area contributed by atoms with Gasteiger partial charge < -0.3 is 15.5 Å². The third-order valence-corrected chi connectivity index (χ3v) is 6.97. The predicted octanol–water partition coefficient (Wildman–Crippen LogP) is 3.82. The van der Waals surface area contributed by atoms with Crippen LogP contribution in [0.4, 0.5) is 23.2 Å². The molecule has 6 nitrogen and oxygen atoms in total. The SMILES string of the molecule is C[C@@H]1C[C@H](N2CC[C@@H](NC(=O)CNC(=O)c3cccc(C(F)(F)F)c3)C2)CCN1c1ccc(F)cc1. The van der Waals surface area contributed by atoms with E-state index in [2.05, 4.69) is 27.4 Å². The van der Waals surface area contributed by atoms with Gasteiger partial charge in [0.2, 0.25) is 5.91 Å². The number of carbonyl (C=O) groups is 2. The molecule has 3 atom stereocenters. The standard InChI is InChI=1S/C26H30F4N4O2/c1-17-13-23(10-12-34(17)22-7-5-20(27)6-8-22)33-11-9-21(16-33)32-24(35)15-31-25(36)18-3-2-4-19(14-18)26(28,29)30/h2-8,14,17,21,23H,9-13,15-16H2,1H3,(H,31,36)(H,32,35)/t17-,21-,23-/m1/s1. The van der Waals surface area contributed by atoms with E-state index < -0.39 is 17.6 Å². The van der Waals surface area contributed by atoms with Gasteiger partial charge in [0.25, 0.3) is 5.91 Å². The second-order valence-corrected chi connectivity index (χ2v) is 9.51. The fourth-order valence-electron chi connectivity index (χ4n) is 5.11. The molecule has 0 aromatic heterocycles. The normalized spacial score (nSPS) is 22.9. The van der Waals surface area contributed by atoms with E-state index in [9.17, 15) is 27.2 Å². The van der Waals surface area contributed by atoms with Crippen molar-refractivity contribution in [3.8, 4) is 0 Å². The molecule has 0 unspecified atom stereocenters. The van der Waals surface area contributed by atoms with E-state index in [4.69, 9.17) is 0 Å². The summed E-state index contributed by atoms with van der Waals surface area (Å²) in [6, 6.07) is 11.3. The molecule has 2 saturated heterocycles. The number of halogens is 4. The highest BCUT2D eigenvalue weighted by Gasteiger charge is 2.34. The van der Waals surface area contributed by atoms with E-state index in [1.807, 2.05) is 0 Å². The number of amides is 2. The number of nitrogens with one attached hydrogen (secondary N) is 2. The molecule has 4 rings (SSSR count). The summed E-state index contributed by atoms with van der Waals surface area (Å²) in [5, 5.41) is 5.31. The van der Waals surface area contributed by atoms with Crippen LogP contribution < -0.4 is 15.5 Å². The lowest BCUT2D eigenvalue weighted by Gasteiger charge is -2.42. The van der Waals surface area contributed by atoms with Crippen LogP contribution in [0.5, 0.6) is 0 Å². The lowest BCUT2D eigenvalue weighted by molar-refractivity contribution is -0.137. The topological polar surface area (TPSA) is 64.7 Å². The molecule has 0 bridgehead atoms. The Hall–Kier alpha value is -3.14. The first-order valence-corrected chi connectivity index (χ1v) is 12.1. The number of hydrogen-bond acceptors (Lipinski definition) is 4. The fraction of sp³-hybridized carbons (Fsp3) is 0.462. The van der Waals surface area contributed by atoms with Gasteiger partial charge in [0, 0.05) is 49.0 Å². The second kappa shape index (κ2) is 10.9. The maximum absolute atomic E-state index is 13.3. The zero-order valence-electron chi connectivity index (χ0n) is 20.0. The van der Waals surface area contributed by atoms with Gasteiger partial charge in [-0.25, -0.2) is 4.39 Å². The molecule has 2 aromatic carbocycles. The number of carbonyl (C=O) groups excluding carboxylic acids is 2. The quantitative estimate of drug-likeness (QED) is 0.585. The van der Waals surface area contributed by atoms with Crippen molar-refractivity contribution in [1.29, 1.82) is 0 Å². The number of piperidine rings is 1. The van der Waals surface area contributed by atoms with Gasteiger partial charge in [-0.3, -0.25) is 14.5 Å². The van der Waals surface area contributed by atoms with Gasteiger partial charge in [-0.1, -0.05) is 6.07 Å². The van der Waals surface area contributed by atoms with Crippen molar-refractivity contribution in [2.24, 2.45) is 0 Å². The number of hydrogen-bond donors (Lipinski definition) is 2. The molecule has 2 fully saturated rings. The largest absolute Gasteiger partial charge is 0.416 e. The maximum atomic E-state index is 13.3. The Labute approximate surface area is 207 Å². The Kier molecular flexibility index (Phi) is 7.82. The highest BCUT2D eigenvalue weighted by atomic mass is 19.4. The average molecular weight is 507 g/mol. The smallest absolute Gasteiger partial charge is 0.369 e. The highest BCUT2D eigenvalue weighted by Crippen LogP contribution is 2.30. The fourth-order valence-corrected chi connectivity index (χ4v) is 5.11. The van der Waals surface area contributed by atoms with Crippen LogP contribution in [0.1, 0.15) is 42.1 Å². The molecule has 0 spiro atoms. The van der Waals surface area contributed by atoms with Crippen molar-refractivity contribution in [2.45, 2.75) is 50.5 Å². The Bertz CT molecular complexity index is 1080. The minimum Gasteiger partial charge on any atom is -0.369 e. The van der Waals surface area contributed by atoms with Crippen molar-refractivity contribution < 1.29 is 27.2 Å². The lowest BCUT2D eigenvalue weighted by Crippen LogP contribution is -2.49. The van der Waals surface area contributed by atoms with Gasteiger partial charge in [-0.2, -0.15) is 13.2 Å². The molecule has 2 aliphatic heterocycles. The monoisotopic (exact) mass is 506 g/mol. The summed E-state index contributed by atoms with van der Waals surface area (Å²) in [5.74, 6) is -1.35. The number of anilines is 1. The molecule has 0 saturated carbocycles. The van der Waals surface area contributed by atoms with Crippen LogP contribution in [0.15, 0.2) is 48.5 Å². The van der Waals surface area contributed by atoms with E-state index in [1.54, 1.807) is 12.1 Å². The van der Waals surface area contributed by atoms with Crippen molar-refractivity contribution in [3.63, 3.8) is 0 Å². The Morgan fingerprint density at radius 2 is 1.81 bits per heavy atom. The molecule has 10 heteroatoms. The van der Waals surface area contributed by atoms with Crippen LogP contribution in [0.3, 0.4) is 0 Å². The minimum atomic E-state index is -4.54. The van der Waals surface area contributed by atoms with Crippen LogP contribution >= 0.6 is 0 Å².